The van der Waals surface area contributed by atoms with Crippen LogP contribution in [-0.4, -0.2) is 5.91 Å². The fourth-order valence-electron chi connectivity index (χ4n) is 2.16. The van der Waals surface area contributed by atoms with Gasteiger partial charge in [-0.1, -0.05) is 12.1 Å². The van der Waals surface area contributed by atoms with E-state index in [0.29, 0.717) is 6.42 Å². The van der Waals surface area contributed by atoms with Gasteiger partial charge in [-0.2, -0.15) is 13.2 Å². The van der Waals surface area contributed by atoms with E-state index >= 15 is 0 Å². The van der Waals surface area contributed by atoms with Crippen LogP contribution in [0.1, 0.15) is 24.8 Å². The third-order valence-corrected chi connectivity index (χ3v) is 3.32. The molecule has 1 aromatic carbocycles. The van der Waals surface area contributed by atoms with Gasteiger partial charge in [-0.3, -0.25) is 4.79 Å². The summed E-state index contributed by atoms with van der Waals surface area (Å²) in [6.07, 6.45) is 1.26. The fourth-order valence-corrected chi connectivity index (χ4v) is 2.16. The molecule has 0 atom stereocenters. The molecule has 1 N–H and O–H groups in total. The maximum absolute atomic E-state index is 12.6. The van der Waals surface area contributed by atoms with Crippen LogP contribution in [0, 0.1) is 0 Å². The number of carbonyl (C=O) groups excluding carboxylic acids is 1. The number of aryl methyl sites for hydroxylation is 1. The third kappa shape index (κ3) is 5.73. The van der Waals surface area contributed by atoms with Crippen LogP contribution in [-0.2, 0) is 17.5 Å². The smallest absolute Gasteiger partial charge is 0.326 e. The van der Waals surface area contributed by atoms with Gasteiger partial charge in [0.15, 0.2) is 12.4 Å². The van der Waals surface area contributed by atoms with Crippen LogP contribution in [0.3, 0.4) is 0 Å². The number of benzene rings is 1. The van der Waals surface area contributed by atoms with E-state index in [9.17, 15) is 18.0 Å². The predicted octanol–water partition coefficient (Wildman–Crippen LogP) is 3.80. The van der Waals surface area contributed by atoms with Crippen LogP contribution < -0.4 is 9.88 Å². The van der Waals surface area contributed by atoms with Crippen molar-refractivity contribution in [2.45, 2.75) is 32.0 Å². The van der Waals surface area contributed by atoms with Crippen LogP contribution in [0.4, 0.5) is 18.9 Å². The number of amides is 1. The lowest BCUT2D eigenvalue weighted by molar-refractivity contribution is -0.697. The average molecular weight is 323 g/mol. The summed E-state index contributed by atoms with van der Waals surface area (Å²) in [4.78, 5) is 11.8. The zero-order valence-corrected chi connectivity index (χ0v) is 12.5. The quantitative estimate of drug-likeness (QED) is 0.636. The minimum Gasteiger partial charge on any atom is -0.326 e. The Labute approximate surface area is 132 Å². The number of aromatic nitrogens is 1. The minimum absolute atomic E-state index is 0.169. The lowest BCUT2D eigenvalue weighted by Gasteiger charge is -2.09. The van der Waals surface area contributed by atoms with Crippen molar-refractivity contribution in [2.75, 3.05) is 5.32 Å². The SMILES string of the molecule is O=C(CCCC[n+]1ccccc1)Nc1cccc(C(F)(F)F)c1. The highest BCUT2D eigenvalue weighted by atomic mass is 19.4. The van der Waals surface area contributed by atoms with Gasteiger partial charge in [0.1, 0.15) is 6.54 Å². The molecule has 3 nitrogen and oxygen atoms in total. The molecule has 6 heteroatoms. The lowest BCUT2D eigenvalue weighted by Crippen LogP contribution is -2.32. The molecule has 0 unspecified atom stereocenters. The van der Waals surface area contributed by atoms with E-state index < -0.39 is 11.7 Å². The molecule has 0 saturated heterocycles. The number of carbonyl (C=O) groups is 1. The van der Waals surface area contributed by atoms with E-state index in [2.05, 4.69) is 5.32 Å². The number of nitrogens with zero attached hydrogens (tertiary/aromatic N) is 1. The normalized spacial score (nSPS) is 11.3. The Morgan fingerprint density at radius 3 is 2.48 bits per heavy atom. The summed E-state index contributed by atoms with van der Waals surface area (Å²) in [5.74, 6) is -0.276. The highest BCUT2D eigenvalue weighted by molar-refractivity contribution is 5.90. The van der Waals surface area contributed by atoms with Crippen LogP contribution in [0.15, 0.2) is 54.9 Å². The van der Waals surface area contributed by atoms with Gasteiger partial charge in [-0.25, -0.2) is 4.57 Å². The first kappa shape index (κ1) is 17.0. The van der Waals surface area contributed by atoms with Gasteiger partial charge in [0, 0.05) is 30.7 Å². The van der Waals surface area contributed by atoms with Crippen LogP contribution in [0.5, 0.6) is 0 Å². The summed E-state index contributed by atoms with van der Waals surface area (Å²) < 4.78 is 39.8. The summed E-state index contributed by atoms with van der Waals surface area (Å²) in [7, 11) is 0. The molecule has 0 bridgehead atoms. The fraction of sp³-hybridized carbons (Fsp3) is 0.294. The number of halogens is 3. The summed E-state index contributed by atoms with van der Waals surface area (Å²) in [6.45, 7) is 0.803. The molecule has 122 valence electrons. The molecule has 0 spiro atoms. The summed E-state index contributed by atoms with van der Waals surface area (Å²) in [5.41, 5.74) is -0.599. The highest BCUT2D eigenvalue weighted by Crippen LogP contribution is 2.30. The van der Waals surface area contributed by atoms with E-state index in [1.165, 1.54) is 12.1 Å². The summed E-state index contributed by atoms with van der Waals surface area (Å²) in [5, 5.41) is 2.51. The monoisotopic (exact) mass is 323 g/mol. The molecule has 2 aromatic rings. The molecular formula is C17H18F3N2O+. The zero-order valence-electron chi connectivity index (χ0n) is 12.5. The molecule has 0 saturated carbocycles. The Hall–Kier alpha value is -2.37. The summed E-state index contributed by atoms with van der Waals surface area (Å²) in [6, 6.07) is 10.4. The second-order valence-corrected chi connectivity index (χ2v) is 5.20. The van der Waals surface area contributed by atoms with Gasteiger partial charge in [0.05, 0.1) is 5.56 Å². The molecule has 1 heterocycles. The predicted molar refractivity (Wildman–Crippen MR) is 80.6 cm³/mol. The molecule has 0 aliphatic heterocycles. The average Bonchev–Trinajstić information content (AvgIpc) is 2.52. The van der Waals surface area contributed by atoms with E-state index in [1.807, 2.05) is 35.2 Å². The minimum atomic E-state index is -4.41. The Morgan fingerprint density at radius 2 is 1.78 bits per heavy atom. The van der Waals surface area contributed by atoms with Crippen LogP contribution in [0.2, 0.25) is 0 Å². The Kier molecular flexibility index (Phi) is 5.73. The second-order valence-electron chi connectivity index (χ2n) is 5.20. The maximum atomic E-state index is 12.6. The first-order valence-electron chi connectivity index (χ1n) is 7.36. The number of anilines is 1. The first-order valence-corrected chi connectivity index (χ1v) is 7.36. The number of pyridine rings is 1. The number of hydrogen-bond donors (Lipinski definition) is 1. The van der Waals surface area contributed by atoms with Crippen molar-refractivity contribution in [3.63, 3.8) is 0 Å². The van der Waals surface area contributed by atoms with Crippen LogP contribution in [0.25, 0.3) is 0 Å². The second kappa shape index (κ2) is 7.76. The van der Waals surface area contributed by atoms with Gasteiger partial charge >= 0.3 is 6.18 Å². The standard InChI is InChI=1S/C17H17F3N2O/c18-17(19,20)14-7-6-8-15(13-14)21-16(23)9-2-5-12-22-10-3-1-4-11-22/h1,3-4,6-8,10-11,13H,2,5,9,12H2/p+1. The number of nitrogens with one attached hydrogen (secondary N) is 1. The molecule has 1 aromatic heterocycles. The molecule has 23 heavy (non-hydrogen) atoms. The molecular weight excluding hydrogens is 305 g/mol. The molecule has 2 rings (SSSR count). The number of unbranched alkanes of at least 4 members (excludes halogenated alkanes) is 1. The zero-order chi connectivity index (χ0) is 16.7. The van der Waals surface area contributed by atoms with Gasteiger partial charge in [-0.05, 0) is 24.6 Å². The molecule has 0 aliphatic rings. The van der Waals surface area contributed by atoms with Gasteiger partial charge in [0.2, 0.25) is 5.91 Å². The van der Waals surface area contributed by atoms with Gasteiger partial charge in [-0.15, -0.1) is 0 Å². The van der Waals surface area contributed by atoms with Crippen molar-refractivity contribution in [3.8, 4) is 0 Å². The van der Waals surface area contributed by atoms with Crippen molar-refractivity contribution in [2.24, 2.45) is 0 Å². The lowest BCUT2D eigenvalue weighted by atomic mass is 10.2. The Morgan fingerprint density at radius 1 is 1.04 bits per heavy atom. The first-order chi connectivity index (χ1) is 10.9. The number of alkyl halides is 3. The summed E-state index contributed by atoms with van der Waals surface area (Å²) >= 11 is 0. The van der Waals surface area contributed by atoms with Crippen molar-refractivity contribution in [1.29, 1.82) is 0 Å². The van der Waals surface area contributed by atoms with E-state index in [-0.39, 0.29) is 18.0 Å². The highest BCUT2D eigenvalue weighted by Gasteiger charge is 2.30. The Balaban J connectivity index is 1.77. The topological polar surface area (TPSA) is 33.0 Å². The van der Waals surface area contributed by atoms with Crippen molar-refractivity contribution < 1.29 is 22.5 Å². The molecule has 0 aliphatic carbocycles. The maximum Gasteiger partial charge on any atom is 0.416 e. The van der Waals surface area contributed by atoms with E-state index in [4.69, 9.17) is 0 Å². The largest absolute Gasteiger partial charge is 0.416 e. The Bertz CT molecular complexity index is 642. The van der Waals surface area contributed by atoms with E-state index in [1.54, 1.807) is 0 Å². The van der Waals surface area contributed by atoms with Gasteiger partial charge < -0.3 is 5.32 Å². The third-order valence-electron chi connectivity index (χ3n) is 3.32. The van der Waals surface area contributed by atoms with E-state index in [0.717, 1.165) is 25.1 Å². The molecule has 0 fully saturated rings. The van der Waals surface area contributed by atoms with Crippen LogP contribution >= 0.6 is 0 Å². The number of hydrogen-bond acceptors (Lipinski definition) is 1. The van der Waals surface area contributed by atoms with Gasteiger partial charge in [0.25, 0.3) is 0 Å². The van der Waals surface area contributed by atoms with Crippen molar-refractivity contribution in [3.05, 3.63) is 60.4 Å². The molecule has 0 radical (unpaired) electrons. The van der Waals surface area contributed by atoms with Crippen molar-refractivity contribution in [1.82, 2.24) is 0 Å². The molecule has 1 amide bonds. The number of rotatable bonds is 6. The van der Waals surface area contributed by atoms with Crippen molar-refractivity contribution >= 4 is 11.6 Å².